The van der Waals surface area contributed by atoms with Crippen LogP contribution in [0.4, 0.5) is 0 Å². The lowest BCUT2D eigenvalue weighted by molar-refractivity contribution is 0.102. The average Bonchev–Trinajstić information content (AvgIpc) is 3.09. The van der Waals surface area contributed by atoms with Gasteiger partial charge in [0.05, 0.1) is 18.4 Å². The third-order valence-corrected chi connectivity index (χ3v) is 7.01. The van der Waals surface area contributed by atoms with Gasteiger partial charge in [-0.05, 0) is 46.2 Å². The van der Waals surface area contributed by atoms with Crippen molar-refractivity contribution < 1.29 is 9.53 Å². The smallest absolute Gasteiger partial charge is 0.174 e. The van der Waals surface area contributed by atoms with Gasteiger partial charge in [0.15, 0.2) is 5.78 Å². The standard InChI is InChI=1S/C20H25N3O2S2/c1-11-7-16(14(4)23(11)12(2)8-25-6)17(24)9-26-19-18-13(3)15(5)27-20(18)22-10-21-19/h7,10,12H,8-9H2,1-6H3. The molecule has 0 spiro atoms. The second-order valence-corrected chi connectivity index (χ2v) is 8.98. The van der Waals surface area contributed by atoms with Gasteiger partial charge in [-0.1, -0.05) is 11.8 Å². The van der Waals surface area contributed by atoms with Crippen LogP contribution in [0.15, 0.2) is 17.4 Å². The number of nitrogens with zero attached hydrogens (tertiary/aromatic N) is 3. The predicted molar refractivity (Wildman–Crippen MR) is 112 cm³/mol. The highest BCUT2D eigenvalue weighted by molar-refractivity contribution is 8.00. The molecule has 144 valence electrons. The number of ketones is 1. The molecule has 3 aromatic rings. The van der Waals surface area contributed by atoms with E-state index in [1.165, 1.54) is 22.2 Å². The van der Waals surface area contributed by atoms with Crippen molar-refractivity contribution in [2.45, 2.75) is 45.7 Å². The van der Waals surface area contributed by atoms with Gasteiger partial charge in [-0.2, -0.15) is 0 Å². The van der Waals surface area contributed by atoms with Crippen LogP contribution >= 0.6 is 23.1 Å². The number of ether oxygens (including phenoxy) is 1. The van der Waals surface area contributed by atoms with Crippen molar-refractivity contribution in [2.24, 2.45) is 0 Å². The van der Waals surface area contributed by atoms with Crippen molar-refractivity contribution >= 4 is 39.1 Å². The fraction of sp³-hybridized carbons (Fsp3) is 0.450. The molecular formula is C20H25N3O2S2. The number of methoxy groups -OCH3 is 1. The first-order valence-electron chi connectivity index (χ1n) is 8.89. The van der Waals surface area contributed by atoms with Crippen LogP contribution in [-0.4, -0.2) is 39.8 Å². The number of aryl methyl sites for hydroxylation is 3. The van der Waals surface area contributed by atoms with Crippen LogP contribution in [0.25, 0.3) is 10.2 Å². The summed E-state index contributed by atoms with van der Waals surface area (Å²) in [5.41, 5.74) is 4.07. The Morgan fingerprint density at radius 3 is 2.74 bits per heavy atom. The molecule has 3 heterocycles. The first kappa shape index (κ1) is 20.0. The maximum absolute atomic E-state index is 12.9. The largest absolute Gasteiger partial charge is 0.383 e. The molecule has 1 unspecified atom stereocenters. The van der Waals surface area contributed by atoms with Crippen molar-refractivity contribution in [3.05, 3.63) is 39.8 Å². The minimum atomic E-state index is 0.125. The number of thioether (sulfide) groups is 1. The van der Waals surface area contributed by atoms with E-state index >= 15 is 0 Å². The summed E-state index contributed by atoms with van der Waals surface area (Å²) in [4.78, 5) is 23.9. The fourth-order valence-corrected chi connectivity index (χ4v) is 5.53. The van der Waals surface area contributed by atoms with Gasteiger partial charge in [0.2, 0.25) is 0 Å². The molecule has 3 aromatic heterocycles. The Kier molecular flexibility index (Phi) is 6.03. The molecule has 5 nitrogen and oxygen atoms in total. The van der Waals surface area contributed by atoms with Gasteiger partial charge < -0.3 is 9.30 Å². The highest BCUT2D eigenvalue weighted by Crippen LogP contribution is 2.34. The molecule has 0 aliphatic carbocycles. The number of aromatic nitrogens is 3. The summed E-state index contributed by atoms with van der Waals surface area (Å²) >= 11 is 3.17. The van der Waals surface area contributed by atoms with E-state index in [1.54, 1.807) is 24.8 Å². The first-order valence-corrected chi connectivity index (χ1v) is 10.7. The molecule has 0 aliphatic rings. The number of carbonyl (C=O) groups is 1. The van der Waals surface area contributed by atoms with E-state index in [4.69, 9.17) is 4.74 Å². The fourth-order valence-electron chi connectivity index (χ4n) is 3.52. The minimum absolute atomic E-state index is 0.125. The van der Waals surface area contributed by atoms with Crippen molar-refractivity contribution in [3.8, 4) is 0 Å². The molecule has 7 heteroatoms. The Labute approximate surface area is 168 Å². The Bertz CT molecular complexity index is 991. The molecular weight excluding hydrogens is 378 g/mol. The van der Waals surface area contributed by atoms with Crippen molar-refractivity contribution in [3.63, 3.8) is 0 Å². The Morgan fingerprint density at radius 1 is 1.30 bits per heavy atom. The number of hydrogen-bond acceptors (Lipinski definition) is 6. The Balaban J connectivity index is 1.82. The first-order chi connectivity index (χ1) is 12.8. The van der Waals surface area contributed by atoms with E-state index in [0.717, 1.165) is 32.2 Å². The van der Waals surface area contributed by atoms with Gasteiger partial charge in [-0.15, -0.1) is 11.3 Å². The lowest BCUT2D eigenvalue weighted by Crippen LogP contribution is -2.14. The zero-order valence-electron chi connectivity index (χ0n) is 16.6. The van der Waals surface area contributed by atoms with E-state index in [-0.39, 0.29) is 11.8 Å². The third-order valence-electron chi connectivity index (χ3n) is 4.90. The van der Waals surface area contributed by atoms with E-state index in [9.17, 15) is 4.79 Å². The average molecular weight is 404 g/mol. The number of hydrogen-bond donors (Lipinski definition) is 0. The lowest BCUT2D eigenvalue weighted by Gasteiger charge is -2.17. The Morgan fingerprint density at radius 2 is 2.04 bits per heavy atom. The number of carbonyl (C=O) groups excluding carboxylic acids is 1. The summed E-state index contributed by atoms with van der Waals surface area (Å²) in [6, 6.07) is 2.18. The highest BCUT2D eigenvalue weighted by atomic mass is 32.2. The molecule has 0 saturated heterocycles. The molecule has 0 aromatic carbocycles. The summed E-state index contributed by atoms with van der Waals surface area (Å²) in [5, 5.41) is 1.97. The zero-order valence-corrected chi connectivity index (χ0v) is 18.3. The monoisotopic (exact) mass is 403 g/mol. The number of Topliss-reactive ketones (excluding diaryl/α,β-unsaturated/α-hetero) is 1. The molecule has 3 rings (SSSR count). The maximum atomic E-state index is 12.9. The van der Waals surface area contributed by atoms with Crippen molar-refractivity contribution in [1.29, 1.82) is 0 Å². The van der Waals surface area contributed by atoms with Crippen LogP contribution in [0, 0.1) is 27.7 Å². The number of rotatable bonds is 7. The van der Waals surface area contributed by atoms with Gasteiger partial charge >= 0.3 is 0 Å². The molecule has 0 fully saturated rings. The van der Waals surface area contributed by atoms with Crippen LogP contribution in [0.1, 0.15) is 45.2 Å². The van der Waals surface area contributed by atoms with Crippen LogP contribution in [-0.2, 0) is 4.74 Å². The second kappa shape index (κ2) is 8.12. The quantitative estimate of drug-likeness (QED) is 0.319. The molecule has 0 aliphatic heterocycles. The van der Waals surface area contributed by atoms with Crippen LogP contribution in [0.2, 0.25) is 0 Å². The maximum Gasteiger partial charge on any atom is 0.174 e. The zero-order chi connectivity index (χ0) is 19.7. The van der Waals surface area contributed by atoms with E-state index < -0.39 is 0 Å². The summed E-state index contributed by atoms with van der Waals surface area (Å²) in [6.07, 6.45) is 1.59. The lowest BCUT2D eigenvalue weighted by atomic mass is 10.2. The van der Waals surface area contributed by atoms with Crippen LogP contribution < -0.4 is 0 Å². The van der Waals surface area contributed by atoms with Gasteiger partial charge in [0.1, 0.15) is 16.2 Å². The van der Waals surface area contributed by atoms with Crippen LogP contribution in [0.5, 0.6) is 0 Å². The summed E-state index contributed by atoms with van der Waals surface area (Å²) < 4.78 is 7.45. The second-order valence-electron chi connectivity index (χ2n) is 6.81. The van der Waals surface area contributed by atoms with Gasteiger partial charge in [0, 0.05) is 34.3 Å². The van der Waals surface area contributed by atoms with Gasteiger partial charge in [-0.25, -0.2) is 9.97 Å². The van der Waals surface area contributed by atoms with E-state index in [0.29, 0.717) is 12.4 Å². The van der Waals surface area contributed by atoms with E-state index in [2.05, 4.69) is 35.3 Å². The summed E-state index contributed by atoms with van der Waals surface area (Å²) in [7, 11) is 1.70. The minimum Gasteiger partial charge on any atom is -0.383 e. The molecule has 0 saturated carbocycles. The highest BCUT2D eigenvalue weighted by Gasteiger charge is 2.20. The van der Waals surface area contributed by atoms with Gasteiger partial charge in [-0.3, -0.25) is 4.79 Å². The summed E-state index contributed by atoms with van der Waals surface area (Å²) in [6.45, 7) is 11.0. The molecule has 0 N–H and O–H groups in total. The van der Waals surface area contributed by atoms with Crippen molar-refractivity contribution in [2.75, 3.05) is 19.5 Å². The molecule has 0 bridgehead atoms. The normalized spacial score (nSPS) is 12.7. The summed E-state index contributed by atoms with van der Waals surface area (Å²) in [5.74, 6) is 0.490. The predicted octanol–water partition coefficient (Wildman–Crippen LogP) is 4.91. The SMILES string of the molecule is COCC(C)n1c(C)cc(C(=O)CSc2ncnc3sc(C)c(C)c23)c1C. The third kappa shape index (κ3) is 3.81. The van der Waals surface area contributed by atoms with Gasteiger partial charge in [0.25, 0.3) is 0 Å². The molecule has 1 atom stereocenters. The molecule has 27 heavy (non-hydrogen) atoms. The van der Waals surface area contributed by atoms with Crippen LogP contribution in [0.3, 0.4) is 0 Å². The van der Waals surface area contributed by atoms with E-state index in [1.807, 2.05) is 19.9 Å². The topological polar surface area (TPSA) is 57.0 Å². The number of thiophene rings is 1. The number of fused-ring (bicyclic) bond motifs is 1. The Hall–Kier alpha value is -1.70. The van der Waals surface area contributed by atoms with Crippen molar-refractivity contribution in [1.82, 2.24) is 14.5 Å². The molecule has 0 amide bonds. The molecule has 0 radical (unpaired) electrons.